The standard InChI is InChI=1S/C18H13FIOP/c19-17-13-16(11-12-18(17)20)22(21,14-7-3-1-4-8-14)15-9-5-2-6-10-15/h1-13H. The summed E-state index contributed by atoms with van der Waals surface area (Å²) in [6.07, 6.45) is 0. The molecular formula is C18H13FIOP. The van der Waals surface area contributed by atoms with Crippen LogP contribution in [0.15, 0.2) is 78.9 Å². The van der Waals surface area contributed by atoms with E-state index in [1.165, 1.54) is 6.07 Å². The second-order valence-electron chi connectivity index (χ2n) is 4.88. The lowest BCUT2D eigenvalue weighted by molar-refractivity contribution is 0.591. The zero-order chi connectivity index (χ0) is 15.6. The zero-order valence-electron chi connectivity index (χ0n) is 11.6. The summed E-state index contributed by atoms with van der Waals surface area (Å²) in [5.41, 5.74) is 0. The quantitative estimate of drug-likeness (QED) is 0.460. The van der Waals surface area contributed by atoms with Crippen molar-refractivity contribution in [1.82, 2.24) is 0 Å². The van der Waals surface area contributed by atoms with Crippen LogP contribution in [0.3, 0.4) is 0 Å². The summed E-state index contributed by atoms with van der Waals surface area (Å²) in [4.78, 5) is 0. The Balaban J connectivity index is 2.28. The fourth-order valence-electron chi connectivity index (χ4n) is 2.40. The van der Waals surface area contributed by atoms with Gasteiger partial charge in [0, 0.05) is 19.5 Å². The molecule has 0 radical (unpaired) electrons. The highest BCUT2D eigenvalue weighted by Gasteiger charge is 2.30. The molecule has 3 rings (SSSR count). The van der Waals surface area contributed by atoms with Gasteiger partial charge in [-0.2, -0.15) is 0 Å². The molecule has 110 valence electrons. The van der Waals surface area contributed by atoms with Crippen LogP contribution < -0.4 is 15.9 Å². The van der Waals surface area contributed by atoms with Gasteiger partial charge >= 0.3 is 0 Å². The van der Waals surface area contributed by atoms with Gasteiger partial charge in [0.25, 0.3) is 0 Å². The Labute approximate surface area is 142 Å². The first kappa shape index (κ1) is 15.4. The van der Waals surface area contributed by atoms with Crippen molar-refractivity contribution in [3.05, 3.63) is 88.3 Å². The van der Waals surface area contributed by atoms with Gasteiger partial charge in [-0.05, 0) is 40.8 Å². The molecule has 3 aromatic rings. The van der Waals surface area contributed by atoms with Gasteiger partial charge in [0.05, 0.1) is 0 Å². The Morgan fingerprint density at radius 1 is 0.727 bits per heavy atom. The van der Waals surface area contributed by atoms with E-state index >= 15 is 0 Å². The summed E-state index contributed by atoms with van der Waals surface area (Å²) in [5.74, 6) is -0.342. The van der Waals surface area contributed by atoms with Crippen LogP contribution in [-0.4, -0.2) is 0 Å². The van der Waals surface area contributed by atoms with Crippen molar-refractivity contribution in [2.24, 2.45) is 0 Å². The molecule has 0 aliphatic carbocycles. The lowest BCUT2D eigenvalue weighted by Gasteiger charge is -2.20. The summed E-state index contributed by atoms with van der Waals surface area (Å²) >= 11 is 1.93. The first-order chi connectivity index (χ1) is 10.6. The topological polar surface area (TPSA) is 17.1 Å². The predicted molar refractivity (Wildman–Crippen MR) is 98.5 cm³/mol. The van der Waals surface area contributed by atoms with Crippen LogP contribution in [-0.2, 0) is 4.57 Å². The molecule has 0 spiro atoms. The van der Waals surface area contributed by atoms with Crippen LogP contribution in [0.4, 0.5) is 4.39 Å². The van der Waals surface area contributed by atoms with E-state index in [1.807, 2.05) is 83.3 Å². The highest BCUT2D eigenvalue weighted by atomic mass is 127. The number of hydrogen-bond donors (Lipinski definition) is 0. The number of rotatable bonds is 3. The molecule has 1 nitrogen and oxygen atoms in total. The Bertz CT molecular complexity index is 791. The smallest absolute Gasteiger partial charge is 0.171 e. The second kappa shape index (κ2) is 6.35. The molecule has 0 saturated heterocycles. The van der Waals surface area contributed by atoms with E-state index in [0.29, 0.717) is 19.5 Å². The van der Waals surface area contributed by atoms with Crippen molar-refractivity contribution in [3.63, 3.8) is 0 Å². The van der Waals surface area contributed by atoms with Gasteiger partial charge in [0.1, 0.15) is 5.82 Å². The maximum atomic E-state index is 14.0. The Morgan fingerprint density at radius 3 is 1.68 bits per heavy atom. The minimum absolute atomic E-state index is 0.342. The largest absolute Gasteiger partial charge is 0.309 e. The number of halogens is 2. The molecule has 0 aliphatic rings. The van der Waals surface area contributed by atoms with E-state index in [9.17, 15) is 8.96 Å². The van der Waals surface area contributed by atoms with Gasteiger partial charge in [0.2, 0.25) is 0 Å². The summed E-state index contributed by atoms with van der Waals surface area (Å²) in [7, 11) is -3.07. The van der Waals surface area contributed by atoms with E-state index in [0.717, 1.165) is 0 Å². The normalized spacial score (nSPS) is 11.4. The van der Waals surface area contributed by atoms with Gasteiger partial charge in [0.15, 0.2) is 7.14 Å². The van der Waals surface area contributed by atoms with Crippen LogP contribution in [0.1, 0.15) is 0 Å². The molecule has 0 aromatic heterocycles. The lowest BCUT2D eigenvalue weighted by Crippen LogP contribution is -2.25. The first-order valence-electron chi connectivity index (χ1n) is 6.79. The Hall–Kier alpha value is -1.45. The predicted octanol–water partition coefficient (Wildman–Crippen LogP) is 4.07. The molecule has 0 bridgehead atoms. The van der Waals surface area contributed by atoms with Gasteiger partial charge in [-0.1, -0.05) is 60.7 Å². The third-order valence-electron chi connectivity index (χ3n) is 3.51. The minimum Gasteiger partial charge on any atom is -0.309 e. The van der Waals surface area contributed by atoms with E-state index in [2.05, 4.69) is 0 Å². The van der Waals surface area contributed by atoms with Gasteiger partial charge in [-0.15, -0.1) is 0 Å². The van der Waals surface area contributed by atoms with Crippen molar-refractivity contribution in [1.29, 1.82) is 0 Å². The third-order valence-corrected chi connectivity index (χ3v) is 7.44. The highest BCUT2D eigenvalue weighted by Crippen LogP contribution is 2.42. The Kier molecular flexibility index (Phi) is 4.46. The maximum Gasteiger partial charge on any atom is 0.171 e. The van der Waals surface area contributed by atoms with Gasteiger partial charge < -0.3 is 4.57 Å². The summed E-state index contributed by atoms with van der Waals surface area (Å²) < 4.78 is 28.4. The van der Waals surface area contributed by atoms with Crippen molar-refractivity contribution >= 4 is 45.6 Å². The van der Waals surface area contributed by atoms with Crippen LogP contribution in [0.2, 0.25) is 0 Å². The molecule has 0 amide bonds. The molecule has 0 unspecified atom stereocenters. The van der Waals surface area contributed by atoms with Crippen LogP contribution in [0, 0.1) is 9.39 Å². The monoisotopic (exact) mass is 422 g/mol. The molecule has 4 heteroatoms. The Morgan fingerprint density at radius 2 is 1.23 bits per heavy atom. The SMILES string of the molecule is O=P(c1ccccc1)(c1ccccc1)c1ccc(I)c(F)c1. The van der Waals surface area contributed by atoms with Crippen LogP contribution in [0.25, 0.3) is 0 Å². The summed E-state index contributed by atoms with van der Waals surface area (Å²) in [5, 5.41) is 1.94. The molecule has 3 aromatic carbocycles. The van der Waals surface area contributed by atoms with Crippen molar-refractivity contribution in [3.8, 4) is 0 Å². The first-order valence-corrected chi connectivity index (χ1v) is 9.58. The van der Waals surface area contributed by atoms with Gasteiger partial charge in [-0.25, -0.2) is 4.39 Å². The van der Waals surface area contributed by atoms with Crippen molar-refractivity contribution in [2.45, 2.75) is 0 Å². The van der Waals surface area contributed by atoms with E-state index in [1.54, 1.807) is 12.1 Å². The van der Waals surface area contributed by atoms with Crippen molar-refractivity contribution in [2.75, 3.05) is 0 Å². The van der Waals surface area contributed by atoms with Gasteiger partial charge in [-0.3, -0.25) is 0 Å². The van der Waals surface area contributed by atoms with Crippen LogP contribution >= 0.6 is 29.7 Å². The number of benzene rings is 3. The minimum atomic E-state index is -3.07. The molecule has 0 heterocycles. The summed E-state index contributed by atoms with van der Waals surface area (Å²) in [6, 6.07) is 23.4. The molecule has 0 N–H and O–H groups in total. The third kappa shape index (κ3) is 2.75. The van der Waals surface area contributed by atoms with Crippen LogP contribution in [0.5, 0.6) is 0 Å². The lowest BCUT2D eigenvalue weighted by atomic mass is 10.3. The fourth-order valence-corrected chi connectivity index (χ4v) is 5.40. The molecule has 0 aliphatic heterocycles. The average molecular weight is 422 g/mol. The van der Waals surface area contributed by atoms with Crippen molar-refractivity contribution < 1.29 is 8.96 Å². The number of hydrogen-bond acceptors (Lipinski definition) is 1. The summed E-state index contributed by atoms with van der Waals surface area (Å²) in [6.45, 7) is 0. The van der Waals surface area contributed by atoms with E-state index in [4.69, 9.17) is 0 Å². The maximum absolute atomic E-state index is 14.0. The molecule has 22 heavy (non-hydrogen) atoms. The average Bonchev–Trinajstić information content (AvgIpc) is 2.58. The highest BCUT2D eigenvalue weighted by molar-refractivity contribution is 14.1. The van der Waals surface area contributed by atoms with E-state index < -0.39 is 7.14 Å². The fraction of sp³-hybridized carbons (Fsp3) is 0. The van der Waals surface area contributed by atoms with E-state index in [-0.39, 0.29) is 5.82 Å². The molecule has 0 atom stereocenters. The second-order valence-corrected chi connectivity index (χ2v) is 8.81. The zero-order valence-corrected chi connectivity index (χ0v) is 14.7. The molecule has 0 saturated carbocycles. The molecule has 0 fully saturated rings. The molecular weight excluding hydrogens is 409 g/mol.